The minimum absolute atomic E-state index is 0.995. The van der Waals surface area contributed by atoms with E-state index in [1.165, 1.54) is 27.8 Å². The summed E-state index contributed by atoms with van der Waals surface area (Å²) >= 11 is 0. The topological polar surface area (TPSA) is 0 Å². The Labute approximate surface area is 103 Å². The van der Waals surface area contributed by atoms with Gasteiger partial charge in [-0.2, -0.15) is 0 Å². The van der Waals surface area contributed by atoms with Crippen LogP contribution < -0.4 is 0 Å². The van der Waals surface area contributed by atoms with Crippen molar-refractivity contribution >= 4 is 5.57 Å². The molecule has 84 valence electrons. The van der Waals surface area contributed by atoms with E-state index in [4.69, 9.17) is 0 Å². The van der Waals surface area contributed by atoms with E-state index in [0.29, 0.717) is 0 Å². The fourth-order valence-corrected chi connectivity index (χ4v) is 2.61. The maximum absolute atomic E-state index is 4.20. The first-order chi connectivity index (χ1) is 8.36. The van der Waals surface area contributed by atoms with Crippen molar-refractivity contribution in [3.8, 4) is 0 Å². The van der Waals surface area contributed by atoms with Crippen LogP contribution in [0, 0.1) is 0 Å². The molecule has 0 radical (unpaired) electrons. The van der Waals surface area contributed by atoms with Crippen LogP contribution in [0.1, 0.15) is 24.0 Å². The summed E-state index contributed by atoms with van der Waals surface area (Å²) in [5.41, 5.74) is 6.88. The Hall–Kier alpha value is -1.82. The van der Waals surface area contributed by atoms with Gasteiger partial charge < -0.3 is 0 Å². The molecule has 0 atom stereocenters. The van der Waals surface area contributed by atoms with Crippen LogP contribution in [0.15, 0.2) is 66.3 Å². The molecule has 17 heavy (non-hydrogen) atoms. The van der Waals surface area contributed by atoms with Gasteiger partial charge in [-0.05, 0) is 47.1 Å². The average Bonchev–Trinajstić information content (AvgIpc) is 2.39. The van der Waals surface area contributed by atoms with Crippen molar-refractivity contribution in [1.29, 1.82) is 0 Å². The van der Waals surface area contributed by atoms with Gasteiger partial charge in [0.1, 0.15) is 0 Å². The monoisotopic (exact) mass is 220 g/mol. The normalized spacial score (nSPS) is 22.7. The molecule has 0 fully saturated rings. The highest BCUT2D eigenvalue weighted by Gasteiger charge is 2.15. The van der Waals surface area contributed by atoms with Gasteiger partial charge in [0.15, 0.2) is 0 Å². The van der Waals surface area contributed by atoms with Crippen LogP contribution in [-0.2, 0) is 6.42 Å². The lowest BCUT2D eigenvalue weighted by Gasteiger charge is -2.21. The van der Waals surface area contributed by atoms with E-state index in [-0.39, 0.29) is 0 Å². The molecule has 0 heteroatoms. The van der Waals surface area contributed by atoms with E-state index in [1.807, 2.05) is 0 Å². The fourth-order valence-electron chi connectivity index (χ4n) is 2.61. The molecular formula is C17H16. The molecule has 0 N–H and O–H groups in total. The Balaban J connectivity index is 2.17. The molecule has 0 heterocycles. The Morgan fingerprint density at radius 1 is 0.882 bits per heavy atom. The Kier molecular flexibility index (Phi) is 2.56. The highest BCUT2D eigenvalue weighted by Crippen LogP contribution is 2.35. The molecule has 0 aliphatic heterocycles. The number of allylic oxidation sites excluding steroid dienone is 7. The average molecular weight is 220 g/mol. The van der Waals surface area contributed by atoms with Crippen molar-refractivity contribution in [2.45, 2.75) is 19.3 Å². The fraction of sp³-hybridized carbons (Fsp3) is 0.176. The predicted octanol–water partition coefficient (Wildman–Crippen LogP) is 4.46. The second kappa shape index (κ2) is 4.21. The van der Waals surface area contributed by atoms with Crippen molar-refractivity contribution in [3.05, 3.63) is 77.4 Å². The largest absolute Gasteiger partial charge is 0.0952 e. The van der Waals surface area contributed by atoms with E-state index in [9.17, 15) is 0 Å². The lowest BCUT2D eigenvalue weighted by molar-refractivity contribution is 1.08. The molecule has 0 saturated carbocycles. The first kappa shape index (κ1) is 10.3. The Morgan fingerprint density at radius 2 is 1.71 bits per heavy atom. The minimum atomic E-state index is 0.995. The van der Waals surface area contributed by atoms with Gasteiger partial charge in [0.05, 0.1) is 0 Å². The molecule has 1 aromatic rings. The highest BCUT2D eigenvalue weighted by molar-refractivity contribution is 5.83. The summed E-state index contributed by atoms with van der Waals surface area (Å²) in [6, 6.07) is 8.70. The van der Waals surface area contributed by atoms with E-state index in [1.54, 1.807) is 0 Å². The molecule has 0 bridgehead atoms. The van der Waals surface area contributed by atoms with Gasteiger partial charge >= 0.3 is 0 Å². The van der Waals surface area contributed by atoms with E-state index < -0.39 is 0 Å². The zero-order valence-corrected chi connectivity index (χ0v) is 9.95. The zero-order chi connectivity index (χ0) is 11.7. The van der Waals surface area contributed by atoms with Crippen molar-refractivity contribution in [3.63, 3.8) is 0 Å². The van der Waals surface area contributed by atoms with Gasteiger partial charge in [0.2, 0.25) is 0 Å². The maximum atomic E-state index is 4.20. The second-order valence-corrected chi connectivity index (χ2v) is 4.64. The maximum Gasteiger partial charge on any atom is -0.00879 e. The second-order valence-electron chi connectivity index (χ2n) is 4.64. The summed E-state index contributed by atoms with van der Waals surface area (Å²) in [4.78, 5) is 0. The summed E-state index contributed by atoms with van der Waals surface area (Å²) in [7, 11) is 0. The molecule has 2 aliphatic rings. The molecule has 0 unspecified atom stereocenters. The van der Waals surface area contributed by atoms with Crippen molar-refractivity contribution in [2.24, 2.45) is 0 Å². The third-order valence-corrected chi connectivity index (χ3v) is 3.53. The number of hydrogen-bond acceptors (Lipinski definition) is 0. The molecule has 3 rings (SSSR count). The van der Waals surface area contributed by atoms with Crippen LogP contribution in [0.5, 0.6) is 0 Å². The van der Waals surface area contributed by atoms with Crippen molar-refractivity contribution in [2.75, 3.05) is 0 Å². The summed E-state index contributed by atoms with van der Waals surface area (Å²) in [6.45, 7) is 4.20. The number of hydrogen-bond donors (Lipinski definition) is 0. The van der Waals surface area contributed by atoms with Crippen LogP contribution >= 0.6 is 0 Å². The quantitative estimate of drug-likeness (QED) is 0.566. The van der Waals surface area contributed by atoms with Gasteiger partial charge in [-0.15, -0.1) is 0 Å². The standard InChI is InChI=1S/C17H16/c1-13-7-2-4-10-15(13)17-12-6-9-14-8-3-5-11-16(14)17/h2-6,8,11-12H,1,7,9-10H2/b17-15+. The third-order valence-electron chi connectivity index (χ3n) is 3.53. The molecule has 0 amide bonds. The molecule has 0 aromatic heterocycles. The van der Waals surface area contributed by atoms with Crippen molar-refractivity contribution < 1.29 is 0 Å². The third kappa shape index (κ3) is 1.80. The Bertz CT molecular complexity index is 553. The molecule has 0 saturated heterocycles. The first-order valence-electron chi connectivity index (χ1n) is 6.17. The zero-order valence-electron chi connectivity index (χ0n) is 9.95. The van der Waals surface area contributed by atoms with Crippen LogP contribution in [0.4, 0.5) is 0 Å². The summed E-state index contributed by atoms with van der Waals surface area (Å²) in [5, 5.41) is 0. The molecule has 0 spiro atoms. The predicted molar refractivity (Wildman–Crippen MR) is 73.7 cm³/mol. The smallest absolute Gasteiger partial charge is 0.00879 e. The highest BCUT2D eigenvalue weighted by atomic mass is 14.2. The molecule has 2 aliphatic carbocycles. The molecule has 0 nitrogen and oxygen atoms in total. The first-order valence-corrected chi connectivity index (χ1v) is 6.17. The van der Waals surface area contributed by atoms with Crippen molar-refractivity contribution in [1.82, 2.24) is 0 Å². The van der Waals surface area contributed by atoms with Crippen LogP contribution in [-0.4, -0.2) is 0 Å². The van der Waals surface area contributed by atoms with Gasteiger partial charge in [-0.25, -0.2) is 0 Å². The summed E-state index contributed by atoms with van der Waals surface area (Å²) in [6.07, 6.45) is 12.1. The van der Waals surface area contributed by atoms with Gasteiger partial charge in [-0.3, -0.25) is 0 Å². The SMILES string of the molecule is C=C1CC=CC/C1=C1/C=CCc2ccccc21. The summed E-state index contributed by atoms with van der Waals surface area (Å²) < 4.78 is 0. The number of fused-ring (bicyclic) bond motifs is 1. The van der Waals surface area contributed by atoms with Gasteiger partial charge in [-0.1, -0.05) is 55.1 Å². The van der Waals surface area contributed by atoms with Crippen LogP contribution in [0.2, 0.25) is 0 Å². The van der Waals surface area contributed by atoms with Gasteiger partial charge in [0, 0.05) is 0 Å². The number of benzene rings is 1. The molecular weight excluding hydrogens is 204 g/mol. The van der Waals surface area contributed by atoms with E-state index >= 15 is 0 Å². The van der Waals surface area contributed by atoms with Crippen LogP contribution in [0.25, 0.3) is 5.57 Å². The van der Waals surface area contributed by atoms with E-state index in [2.05, 4.69) is 55.1 Å². The summed E-state index contributed by atoms with van der Waals surface area (Å²) in [5.74, 6) is 0. The van der Waals surface area contributed by atoms with Gasteiger partial charge in [0.25, 0.3) is 0 Å². The van der Waals surface area contributed by atoms with E-state index in [0.717, 1.165) is 19.3 Å². The number of rotatable bonds is 0. The lowest BCUT2D eigenvalue weighted by atomic mass is 9.84. The lowest BCUT2D eigenvalue weighted by Crippen LogP contribution is -2.02. The minimum Gasteiger partial charge on any atom is -0.0952 e. The van der Waals surface area contributed by atoms with Crippen LogP contribution in [0.3, 0.4) is 0 Å². The Morgan fingerprint density at radius 3 is 2.59 bits per heavy atom. The molecule has 1 aromatic carbocycles.